The molecule has 32 heavy (non-hydrogen) atoms. The zero-order valence-corrected chi connectivity index (χ0v) is 21.6. The number of thiophene rings is 1. The van der Waals surface area contributed by atoms with Crippen molar-refractivity contribution in [1.29, 1.82) is 0 Å². The maximum atomic E-state index is 13.2. The van der Waals surface area contributed by atoms with Gasteiger partial charge in [0.15, 0.2) is 0 Å². The van der Waals surface area contributed by atoms with E-state index in [4.69, 9.17) is 22.3 Å². The van der Waals surface area contributed by atoms with Crippen LogP contribution in [-0.4, -0.2) is 10.9 Å². The number of fused-ring (bicyclic) bond motifs is 3. The molecule has 3 N–H and O–H groups in total. The van der Waals surface area contributed by atoms with Crippen LogP contribution in [0, 0.1) is 0 Å². The number of nitrogens with zero attached hydrogens (tertiary/aromatic N) is 1. The van der Waals surface area contributed by atoms with Gasteiger partial charge in [-0.1, -0.05) is 45.7 Å². The summed E-state index contributed by atoms with van der Waals surface area (Å²) in [5.41, 5.74) is 12.0. The first-order valence-corrected chi connectivity index (χ1v) is 13.0. The molecule has 1 aliphatic rings. The van der Waals surface area contributed by atoms with Crippen molar-refractivity contribution in [2.45, 2.75) is 25.7 Å². The predicted octanol–water partition coefficient (Wildman–Crippen LogP) is 7.86. The first-order valence-electron chi connectivity index (χ1n) is 10.2. The van der Waals surface area contributed by atoms with Crippen LogP contribution in [0.3, 0.4) is 0 Å². The average Bonchev–Trinajstić information content (AvgIpc) is 3.12. The molecule has 1 aliphatic carbocycles. The molecule has 2 aromatic carbocycles. The highest BCUT2D eigenvalue weighted by Gasteiger charge is 2.26. The maximum absolute atomic E-state index is 13.2. The second-order valence-electron chi connectivity index (χ2n) is 7.71. The van der Waals surface area contributed by atoms with Gasteiger partial charge in [0.05, 0.1) is 17.1 Å². The van der Waals surface area contributed by atoms with Crippen molar-refractivity contribution in [2.75, 3.05) is 11.1 Å². The minimum atomic E-state index is -0.239. The van der Waals surface area contributed by atoms with Gasteiger partial charge in [0.25, 0.3) is 5.91 Å². The summed E-state index contributed by atoms with van der Waals surface area (Å²) in [6, 6.07) is 13.4. The Morgan fingerprint density at radius 2 is 1.84 bits per heavy atom. The topological polar surface area (TPSA) is 68.0 Å². The van der Waals surface area contributed by atoms with Gasteiger partial charge < -0.3 is 11.1 Å². The standard InChI is InChI=1S/C24H18Br2ClN3OS/c25-12-9-10-18(16(26)11-12)29-23(31)22-20(28)19-13-5-1-2-6-14(13)21(30-24(19)32-22)15-7-3-4-8-17(15)27/h3-4,7-11H,1-2,5-6,28H2,(H,29,31). The monoisotopic (exact) mass is 589 g/mol. The van der Waals surface area contributed by atoms with Gasteiger partial charge in [-0.25, -0.2) is 4.98 Å². The molecule has 0 atom stereocenters. The minimum absolute atomic E-state index is 0.239. The van der Waals surface area contributed by atoms with Gasteiger partial charge >= 0.3 is 0 Å². The number of halogens is 3. The number of pyridine rings is 1. The molecular formula is C24H18Br2ClN3OS. The smallest absolute Gasteiger partial charge is 0.267 e. The van der Waals surface area contributed by atoms with Gasteiger partial charge in [0, 0.05) is 24.9 Å². The van der Waals surface area contributed by atoms with Gasteiger partial charge in [0.2, 0.25) is 0 Å². The lowest BCUT2D eigenvalue weighted by atomic mass is 9.87. The third-order valence-electron chi connectivity index (χ3n) is 5.71. The van der Waals surface area contributed by atoms with E-state index in [0.29, 0.717) is 21.3 Å². The number of hydrogen-bond acceptors (Lipinski definition) is 4. The van der Waals surface area contributed by atoms with Crippen LogP contribution in [0.4, 0.5) is 11.4 Å². The Morgan fingerprint density at radius 3 is 2.59 bits per heavy atom. The van der Waals surface area contributed by atoms with Crippen molar-refractivity contribution < 1.29 is 4.79 Å². The molecule has 0 saturated heterocycles. The molecule has 0 spiro atoms. The van der Waals surface area contributed by atoms with E-state index in [1.807, 2.05) is 42.5 Å². The van der Waals surface area contributed by atoms with E-state index in [1.165, 1.54) is 22.5 Å². The number of carbonyl (C=O) groups is 1. The van der Waals surface area contributed by atoms with E-state index in [9.17, 15) is 4.79 Å². The van der Waals surface area contributed by atoms with Crippen LogP contribution < -0.4 is 11.1 Å². The maximum Gasteiger partial charge on any atom is 0.267 e. The summed E-state index contributed by atoms with van der Waals surface area (Å²) in [4.78, 5) is 19.4. The van der Waals surface area contributed by atoms with E-state index in [-0.39, 0.29) is 5.91 Å². The van der Waals surface area contributed by atoms with E-state index < -0.39 is 0 Å². The molecule has 2 heterocycles. The van der Waals surface area contributed by atoms with Crippen molar-refractivity contribution in [2.24, 2.45) is 0 Å². The highest BCUT2D eigenvalue weighted by atomic mass is 79.9. The van der Waals surface area contributed by atoms with Crippen LogP contribution in [-0.2, 0) is 12.8 Å². The van der Waals surface area contributed by atoms with E-state index >= 15 is 0 Å². The summed E-state index contributed by atoms with van der Waals surface area (Å²) in [5.74, 6) is -0.239. The van der Waals surface area contributed by atoms with Gasteiger partial charge in [-0.3, -0.25) is 4.79 Å². The molecule has 2 aromatic heterocycles. The van der Waals surface area contributed by atoms with Crippen molar-refractivity contribution in [3.8, 4) is 11.3 Å². The fourth-order valence-corrected chi connectivity index (χ4v) is 6.62. The predicted molar refractivity (Wildman–Crippen MR) is 141 cm³/mol. The molecule has 4 aromatic rings. The molecule has 8 heteroatoms. The van der Waals surface area contributed by atoms with E-state index in [0.717, 1.165) is 56.1 Å². The molecule has 162 valence electrons. The molecule has 5 rings (SSSR count). The lowest BCUT2D eigenvalue weighted by molar-refractivity contribution is 0.103. The SMILES string of the molecule is Nc1c(C(=O)Nc2ccc(Br)cc2Br)sc2nc(-c3ccccc3Cl)c3c(c12)CCCC3. The number of nitrogens with one attached hydrogen (secondary N) is 1. The number of nitrogens with two attached hydrogens (primary N) is 1. The van der Waals surface area contributed by atoms with E-state index in [2.05, 4.69) is 37.2 Å². The molecule has 0 unspecified atom stereocenters. The van der Waals surface area contributed by atoms with Gasteiger partial charge in [-0.15, -0.1) is 11.3 Å². The quantitative estimate of drug-likeness (QED) is 0.255. The molecule has 0 fully saturated rings. The number of hydrogen-bond donors (Lipinski definition) is 2. The molecule has 0 aliphatic heterocycles. The number of aryl methyl sites for hydroxylation is 1. The minimum Gasteiger partial charge on any atom is -0.397 e. The number of rotatable bonds is 3. The summed E-state index contributed by atoms with van der Waals surface area (Å²) in [5, 5.41) is 4.56. The lowest BCUT2D eigenvalue weighted by Crippen LogP contribution is -2.12. The second kappa shape index (κ2) is 8.78. The molecular weight excluding hydrogens is 574 g/mol. The average molecular weight is 592 g/mol. The summed E-state index contributed by atoms with van der Waals surface area (Å²) >= 11 is 14.8. The molecule has 1 amide bonds. The fraction of sp³-hybridized carbons (Fsp3) is 0.167. The van der Waals surface area contributed by atoms with E-state index in [1.54, 1.807) is 0 Å². The van der Waals surface area contributed by atoms with Crippen molar-refractivity contribution in [1.82, 2.24) is 4.98 Å². The summed E-state index contributed by atoms with van der Waals surface area (Å²) < 4.78 is 1.71. The Kier molecular flexibility index (Phi) is 6.01. The Morgan fingerprint density at radius 1 is 1.09 bits per heavy atom. The highest BCUT2D eigenvalue weighted by Crippen LogP contribution is 2.43. The summed E-state index contributed by atoms with van der Waals surface area (Å²) in [6.45, 7) is 0. The Labute approximate surface area is 211 Å². The molecule has 0 radical (unpaired) electrons. The van der Waals surface area contributed by atoms with Gasteiger partial charge in [0.1, 0.15) is 9.71 Å². The van der Waals surface area contributed by atoms with Crippen LogP contribution >= 0.6 is 54.8 Å². The second-order valence-corrected chi connectivity index (χ2v) is 10.9. The number of anilines is 2. The van der Waals surface area contributed by atoms with Crippen LogP contribution in [0.2, 0.25) is 5.02 Å². The van der Waals surface area contributed by atoms with Crippen LogP contribution in [0.5, 0.6) is 0 Å². The highest BCUT2D eigenvalue weighted by molar-refractivity contribution is 9.11. The lowest BCUT2D eigenvalue weighted by Gasteiger charge is -2.20. The van der Waals surface area contributed by atoms with Crippen molar-refractivity contribution >= 4 is 82.3 Å². The zero-order chi connectivity index (χ0) is 22.4. The third-order valence-corrected chi connectivity index (χ3v) is 8.29. The number of benzene rings is 2. The number of nitrogen functional groups attached to an aromatic ring is 1. The summed E-state index contributed by atoms with van der Waals surface area (Å²) in [7, 11) is 0. The molecule has 0 bridgehead atoms. The zero-order valence-electron chi connectivity index (χ0n) is 16.8. The Bertz CT molecular complexity index is 1390. The normalized spacial score (nSPS) is 13.2. The largest absolute Gasteiger partial charge is 0.397 e. The number of aromatic nitrogens is 1. The van der Waals surface area contributed by atoms with Gasteiger partial charge in [-0.05, 0) is 77.0 Å². The Hall–Kier alpha value is -1.93. The summed E-state index contributed by atoms with van der Waals surface area (Å²) in [6.07, 6.45) is 4.05. The van der Waals surface area contributed by atoms with Gasteiger partial charge in [-0.2, -0.15) is 0 Å². The number of carbonyl (C=O) groups excluding carboxylic acids is 1. The van der Waals surface area contributed by atoms with Crippen LogP contribution in [0.25, 0.3) is 21.5 Å². The van der Waals surface area contributed by atoms with Crippen LogP contribution in [0.15, 0.2) is 51.4 Å². The molecule has 0 saturated carbocycles. The third kappa shape index (κ3) is 3.85. The van der Waals surface area contributed by atoms with Crippen LogP contribution in [0.1, 0.15) is 33.6 Å². The first kappa shape index (κ1) is 21.9. The fourth-order valence-electron chi connectivity index (χ4n) is 4.23. The van der Waals surface area contributed by atoms with Crippen molar-refractivity contribution in [3.05, 3.63) is 72.4 Å². The first-order chi connectivity index (χ1) is 15.4. The molecule has 4 nitrogen and oxygen atoms in total. The Balaban J connectivity index is 1.64. The number of amides is 1. The van der Waals surface area contributed by atoms with Crippen molar-refractivity contribution in [3.63, 3.8) is 0 Å².